The lowest BCUT2D eigenvalue weighted by molar-refractivity contribution is -0.0410. The molecule has 1 unspecified atom stereocenters. The summed E-state index contributed by atoms with van der Waals surface area (Å²) in [6.45, 7) is 3.58. The van der Waals surface area contributed by atoms with Crippen LogP contribution in [0.25, 0.3) is 11.3 Å². The molecule has 0 radical (unpaired) electrons. The highest BCUT2D eigenvalue weighted by atomic mass is 16.5. The average molecular weight is 270 g/mol. The Balaban J connectivity index is 1.74. The Labute approximate surface area is 118 Å². The number of hydrogen-bond acceptors (Lipinski definition) is 5. The molecule has 104 valence electrons. The second kappa shape index (κ2) is 5.46. The second-order valence-electron chi connectivity index (χ2n) is 5.02. The maximum Gasteiger partial charge on any atom is 0.0930 e. The first-order valence-corrected chi connectivity index (χ1v) is 6.78. The Morgan fingerprint density at radius 3 is 2.75 bits per heavy atom. The van der Waals surface area contributed by atoms with Crippen LogP contribution in [0.3, 0.4) is 0 Å². The van der Waals surface area contributed by atoms with E-state index in [1.54, 1.807) is 0 Å². The molecule has 0 saturated carbocycles. The number of hydrogen-bond donors (Lipinski definition) is 2. The Bertz CT molecular complexity index is 593. The molecule has 3 N–H and O–H groups in total. The largest absolute Gasteiger partial charge is 0.397 e. The molecule has 20 heavy (non-hydrogen) atoms. The second-order valence-corrected chi connectivity index (χ2v) is 5.02. The van der Waals surface area contributed by atoms with E-state index >= 15 is 0 Å². The van der Waals surface area contributed by atoms with Crippen molar-refractivity contribution in [2.24, 2.45) is 0 Å². The summed E-state index contributed by atoms with van der Waals surface area (Å²) >= 11 is 0. The van der Waals surface area contributed by atoms with Gasteiger partial charge in [0.15, 0.2) is 0 Å². The topological polar surface area (TPSA) is 73.1 Å². The molecular formula is C15H18N4O. The number of benzene rings is 1. The molecule has 1 aromatic carbocycles. The number of nitrogen functional groups attached to an aromatic ring is 1. The molecule has 2 heterocycles. The molecule has 5 nitrogen and oxygen atoms in total. The van der Waals surface area contributed by atoms with E-state index in [4.69, 9.17) is 10.5 Å². The molecule has 0 spiro atoms. The van der Waals surface area contributed by atoms with Crippen molar-refractivity contribution in [2.75, 3.05) is 24.2 Å². The van der Waals surface area contributed by atoms with Gasteiger partial charge in [-0.2, -0.15) is 10.2 Å². The Morgan fingerprint density at radius 1 is 1.30 bits per heavy atom. The van der Waals surface area contributed by atoms with Crippen LogP contribution in [0.5, 0.6) is 0 Å². The first-order chi connectivity index (χ1) is 9.72. The third-order valence-electron chi connectivity index (χ3n) is 3.46. The molecule has 3 rings (SSSR count). The van der Waals surface area contributed by atoms with Gasteiger partial charge in [0.2, 0.25) is 0 Å². The van der Waals surface area contributed by atoms with Crippen molar-refractivity contribution < 1.29 is 4.74 Å². The molecule has 1 aliphatic rings. The third kappa shape index (κ3) is 2.72. The van der Waals surface area contributed by atoms with E-state index in [0.29, 0.717) is 11.8 Å². The van der Waals surface area contributed by atoms with Crippen LogP contribution in [0.2, 0.25) is 0 Å². The molecular weight excluding hydrogens is 252 g/mol. The van der Waals surface area contributed by atoms with Crippen LogP contribution in [0.1, 0.15) is 12.1 Å². The van der Waals surface area contributed by atoms with E-state index in [1.807, 2.05) is 37.3 Å². The minimum atomic E-state index is 0.317. The van der Waals surface area contributed by atoms with Crippen LogP contribution in [0.15, 0.2) is 30.3 Å². The SMILES string of the molecule is Cc1ccc(-c2ccc(NCC3CCO3)c(N)c2)nn1. The van der Waals surface area contributed by atoms with Crippen molar-refractivity contribution in [1.82, 2.24) is 10.2 Å². The first kappa shape index (κ1) is 12.9. The maximum absolute atomic E-state index is 6.08. The molecule has 1 aliphatic heterocycles. The van der Waals surface area contributed by atoms with Crippen LogP contribution < -0.4 is 11.1 Å². The summed E-state index contributed by atoms with van der Waals surface area (Å²) in [4.78, 5) is 0. The third-order valence-corrected chi connectivity index (χ3v) is 3.46. The number of nitrogens with one attached hydrogen (secondary N) is 1. The fourth-order valence-electron chi connectivity index (χ4n) is 2.11. The highest BCUT2D eigenvalue weighted by Crippen LogP contribution is 2.26. The summed E-state index contributed by atoms with van der Waals surface area (Å²) in [5, 5.41) is 11.5. The molecule has 0 aliphatic carbocycles. The average Bonchev–Trinajstić information content (AvgIpc) is 2.39. The number of ether oxygens (including phenoxy) is 1. The lowest BCUT2D eigenvalue weighted by Gasteiger charge is -2.27. The van der Waals surface area contributed by atoms with Gasteiger partial charge in [-0.1, -0.05) is 6.07 Å². The predicted octanol–water partition coefficient (Wildman–Crippen LogP) is 2.24. The highest BCUT2D eigenvalue weighted by molar-refractivity contribution is 5.74. The van der Waals surface area contributed by atoms with Gasteiger partial charge < -0.3 is 15.8 Å². The van der Waals surface area contributed by atoms with Gasteiger partial charge in [-0.25, -0.2) is 0 Å². The summed E-state index contributed by atoms with van der Waals surface area (Å²) in [6.07, 6.45) is 1.43. The van der Waals surface area contributed by atoms with E-state index < -0.39 is 0 Å². The summed E-state index contributed by atoms with van der Waals surface area (Å²) < 4.78 is 5.37. The minimum Gasteiger partial charge on any atom is -0.397 e. The fourth-order valence-corrected chi connectivity index (χ4v) is 2.11. The zero-order valence-electron chi connectivity index (χ0n) is 11.5. The Kier molecular flexibility index (Phi) is 3.52. The zero-order valence-corrected chi connectivity index (χ0v) is 11.5. The minimum absolute atomic E-state index is 0.317. The van der Waals surface area contributed by atoms with Crippen molar-refractivity contribution in [3.8, 4) is 11.3 Å². The number of aromatic nitrogens is 2. The predicted molar refractivity (Wildman–Crippen MR) is 79.5 cm³/mol. The van der Waals surface area contributed by atoms with Gasteiger partial charge in [0.25, 0.3) is 0 Å². The van der Waals surface area contributed by atoms with Gasteiger partial charge in [0.1, 0.15) is 0 Å². The molecule has 5 heteroatoms. The van der Waals surface area contributed by atoms with E-state index in [1.165, 1.54) is 0 Å². The monoisotopic (exact) mass is 270 g/mol. The summed E-state index contributed by atoms with van der Waals surface area (Å²) in [7, 11) is 0. The van der Waals surface area contributed by atoms with E-state index in [0.717, 1.165) is 42.2 Å². The lowest BCUT2D eigenvalue weighted by atomic mass is 10.1. The van der Waals surface area contributed by atoms with Gasteiger partial charge in [-0.15, -0.1) is 0 Å². The number of nitrogens with zero attached hydrogens (tertiary/aromatic N) is 2. The van der Waals surface area contributed by atoms with Crippen molar-refractivity contribution in [3.05, 3.63) is 36.0 Å². The van der Waals surface area contributed by atoms with Crippen molar-refractivity contribution in [1.29, 1.82) is 0 Å². The summed E-state index contributed by atoms with van der Waals surface area (Å²) in [5.41, 5.74) is 10.4. The van der Waals surface area contributed by atoms with Gasteiger partial charge in [-0.3, -0.25) is 0 Å². The molecule has 2 aromatic rings. The fraction of sp³-hybridized carbons (Fsp3) is 0.333. The Hall–Kier alpha value is -2.14. The first-order valence-electron chi connectivity index (χ1n) is 6.78. The van der Waals surface area contributed by atoms with Crippen molar-refractivity contribution >= 4 is 11.4 Å². The van der Waals surface area contributed by atoms with Crippen LogP contribution in [-0.4, -0.2) is 29.5 Å². The van der Waals surface area contributed by atoms with E-state index in [-0.39, 0.29) is 0 Å². The molecule has 1 atom stereocenters. The van der Waals surface area contributed by atoms with E-state index in [2.05, 4.69) is 15.5 Å². The smallest absolute Gasteiger partial charge is 0.0930 e. The summed E-state index contributed by atoms with van der Waals surface area (Å²) in [6, 6.07) is 9.79. The number of rotatable bonds is 4. The van der Waals surface area contributed by atoms with Crippen LogP contribution in [0.4, 0.5) is 11.4 Å². The van der Waals surface area contributed by atoms with Gasteiger partial charge in [0.05, 0.1) is 28.9 Å². The quantitative estimate of drug-likeness (QED) is 0.833. The number of aryl methyl sites for hydroxylation is 1. The summed E-state index contributed by atoms with van der Waals surface area (Å²) in [5.74, 6) is 0. The van der Waals surface area contributed by atoms with Gasteiger partial charge in [-0.05, 0) is 37.6 Å². The van der Waals surface area contributed by atoms with Crippen molar-refractivity contribution in [2.45, 2.75) is 19.4 Å². The maximum atomic E-state index is 6.08. The lowest BCUT2D eigenvalue weighted by Crippen LogP contribution is -2.33. The number of nitrogens with two attached hydrogens (primary N) is 1. The van der Waals surface area contributed by atoms with Crippen LogP contribution in [-0.2, 0) is 4.74 Å². The standard InChI is InChI=1S/C15H18N4O/c1-10-2-4-14(19-18-10)11-3-5-15(13(16)8-11)17-9-12-6-7-20-12/h2-5,8,12,17H,6-7,9,16H2,1H3. The van der Waals surface area contributed by atoms with Crippen LogP contribution >= 0.6 is 0 Å². The number of anilines is 2. The van der Waals surface area contributed by atoms with Crippen molar-refractivity contribution in [3.63, 3.8) is 0 Å². The molecule has 1 saturated heterocycles. The van der Waals surface area contributed by atoms with Gasteiger partial charge >= 0.3 is 0 Å². The normalized spacial score (nSPS) is 17.6. The Morgan fingerprint density at radius 2 is 2.15 bits per heavy atom. The van der Waals surface area contributed by atoms with Gasteiger partial charge in [0, 0.05) is 18.7 Å². The molecule has 0 bridgehead atoms. The van der Waals surface area contributed by atoms with Crippen LogP contribution in [0, 0.1) is 6.92 Å². The van der Waals surface area contributed by atoms with E-state index in [9.17, 15) is 0 Å². The molecule has 0 amide bonds. The molecule has 1 fully saturated rings. The highest BCUT2D eigenvalue weighted by Gasteiger charge is 2.17. The molecule has 1 aromatic heterocycles. The zero-order chi connectivity index (χ0) is 13.9.